The maximum absolute atomic E-state index is 12.0. The minimum Gasteiger partial charge on any atom is -0.385 e. The number of thiazole rings is 1. The van der Waals surface area contributed by atoms with Gasteiger partial charge in [-0.25, -0.2) is 4.98 Å². The molecule has 0 bridgehead atoms. The summed E-state index contributed by atoms with van der Waals surface area (Å²) >= 11 is 1.68. The summed E-state index contributed by atoms with van der Waals surface area (Å²) in [6.45, 7) is 6.46. The average Bonchev–Trinajstić information content (AvgIpc) is 2.96. The second-order valence-electron chi connectivity index (χ2n) is 6.50. The number of anilines is 1. The summed E-state index contributed by atoms with van der Waals surface area (Å²) in [6, 6.07) is 7.82. The smallest absolute Gasteiger partial charge is 0.229 e. The largest absolute Gasteiger partial charge is 0.385 e. The van der Waals surface area contributed by atoms with Crippen LogP contribution in [-0.4, -0.2) is 24.6 Å². The Morgan fingerprint density at radius 2 is 1.96 bits per heavy atom. The lowest BCUT2D eigenvalue weighted by Crippen LogP contribution is -2.27. The topological polar surface area (TPSA) is 51.2 Å². The van der Waals surface area contributed by atoms with E-state index in [1.165, 1.54) is 0 Å². The molecule has 0 saturated heterocycles. The number of carbonyl (C=O) groups is 1. The molecular weight excluding hydrogens is 308 g/mol. The van der Waals surface area contributed by atoms with E-state index in [1.54, 1.807) is 18.4 Å². The molecule has 0 aliphatic carbocycles. The van der Waals surface area contributed by atoms with Gasteiger partial charge in [-0.3, -0.25) is 4.79 Å². The van der Waals surface area contributed by atoms with Gasteiger partial charge in [0, 0.05) is 42.2 Å². The van der Waals surface area contributed by atoms with Crippen LogP contribution in [0.4, 0.5) is 5.69 Å². The van der Waals surface area contributed by atoms with Crippen molar-refractivity contribution in [3.8, 4) is 11.3 Å². The molecule has 0 atom stereocenters. The van der Waals surface area contributed by atoms with Crippen molar-refractivity contribution in [3.05, 3.63) is 34.7 Å². The average molecular weight is 332 g/mol. The molecule has 124 valence electrons. The number of rotatable bonds is 6. The fourth-order valence-corrected chi connectivity index (χ4v) is 2.82. The standard InChI is InChI=1S/C18H24N2O2S/c1-18(2,3)17(21)19-14-9-7-13(8-10-14)15-12-23-16(20-15)6-5-11-22-4/h7-10,12H,5-6,11H2,1-4H3,(H,19,21). The summed E-state index contributed by atoms with van der Waals surface area (Å²) < 4.78 is 5.07. The van der Waals surface area contributed by atoms with Crippen LogP contribution in [0.5, 0.6) is 0 Å². The number of amides is 1. The second-order valence-corrected chi connectivity index (χ2v) is 7.45. The summed E-state index contributed by atoms with van der Waals surface area (Å²) in [4.78, 5) is 16.6. The fraction of sp³-hybridized carbons (Fsp3) is 0.444. The molecule has 1 aromatic carbocycles. The molecule has 0 saturated carbocycles. The number of nitrogens with one attached hydrogen (secondary N) is 1. The molecule has 2 rings (SSSR count). The van der Waals surface area contributed by atoms with Crippen LogP contribution in [-0.2, 0) is 16.0 Å². The maximum Gasteiger partial charge on any atom is 0.229 e. The molecule has 0 fully saturated rings. The van der Waals surface area contributed by atoms with Crippen molar-refractivity contribution in [1.82, 2.24) is 4.98 Å². The van der Waals surface area contributed by atoms with Crippen molar-refractivity contribution in [2.24, 2.45) is 5.41 Å². The molecule has 4 nitrogen and oxygen atoms in total. The zero-order valence-corrected chi connectivity index (χ0v) is 15.0. The quantitative estimate of drug-likeness (QED) is 0.799. The Morgan fingerprint density at radius 3 is 2.57 bits per heavy atom. The summed E-state index contributed by atoms with van der Waals surface area (Å²) in [5.41, 5.74) is 2.46. The van der Waals surface area contributed by atoms with E-state index in [4.69, 9.17) is 4.74 Å². The predicted octanol–water partition coefficient (Wildman–Crippen LogP) is 4.37. The number of hydrogen-bond donors (Lipinski definition) is 1. The van der Waals surface area contributed by atoms with Crippen LogP contribution < -0.4 is 5.32 Å². The monoisotopic (exact) mass is 332 g/mol. The van der Waals surface area contributed by atoms with Gasteiger partial charge in [-0.1, -0.05) is 32.9 Å². The van der Waals surface area contributed by atoms with Crippen LogP contribution in [0.25, 0.3) is 11.3 Å². The molecule has 23 heavy (non-hydrogen) atoms. The van der Waals surface area contributed by atoms with E-state index >= 15 is 0 Å². The van der Waals surface area contributed by atoms with Crippen LogP contribution in [0.2, 0.25) is 0 Å². The van der Waals surface area contributed by atoms with Gasteiger partial charge in [0.1, 0.15) is 0 Å². The third-order valence-corrected chi connectivity index (χ3v) is 4.32. The van der Waals surface area contributed by atoms with Gasteiger partial charge in [0.25, 0.3) is 0 Å². The lowest BCUT2D eigenvalue weighted by atomic mass is 9.95. The SMILES string of the molecule is COCCCc1nc(-c2ccc(NC(=O)C(C)(C)C)cc2)cs1. The van der Waals surface area contributed by atoms with E-state index in [0.717, 1.165) is 41.4 Å². The van der Waals surface area contributed by atoms with Crippen LogP contribution in [0, 0.1) is 5.41 Å². The Labute approximate surface area is 141 Å². The van der Waals surface area contributed by atoms with Crippen molar-refractivity contribution in [1.29, 1.82) is 0 Å². The number of methoxy groups -OCH3 is 1. The van der Waals surface area contributed by atoms with Gasteiger partial charge in [0.15, 0.2) is 0 Å². The number of benzene rings is 1. The molecule has 1 N–H and O–H groups in total. The van der Waals surface area contributed by atoms with Crippen LogP contribution in [0.1, 0.15) is 32.2 Å². The van der Waals surface area contributed by atoms with Crippen molar-refractivity contribution in [2.75, 3.05) is 19.0 Å². The lowest BCUT2D eigenvalue weighted by molar-refractivity contribution is -0.123. The van der Waals surface area contributed by atoms with E-state index in [9.17, 15) is 4.79 Å². The Balaban J connectivity index is 2.01. The number of nitrogens with zero attached hydrogens (tertiary/aromatic N) is 1. The molecule has 0 unspecified atom stereocenters. The molecule has 0 aliphatic heterocycles. The summed E-state index contributed by atoms with van der Waals surface area (Å²) in [5.74, 6) is 0.0133. The Kier molecular flexibility index (Phi) is 5.91. The first-order valence-corrected chi connectivity index (χ1v) is 8.63. The molecule has 0 aliphatic rings. The number of carbonyl (C=O) groups excluding carboxylic acids is 1. The number of ether oxygens (including phenoxy) is 1. The zero-order chi connectivity index (χ0) is 16.9. The van der Waals surface area contributed by atoms with Crippen LogP contribution in [0.3, 0.4) is 0 Å². The van der Waals surface area contributed by atoms with Crippen molar-refractivity contribution >= 4 is 22.9 Å². The number of aromatic nitrogens is 1. The highest BCUT2D eigenvalue weighted by Crippen LogP contribution is 2.25. The van der Waals surface area contributed by atoms with Gasteiger partial charge in [-0.15, -0.1) is 11.3 Å². The second kappa shape index (κ2) is 7.70. The summed E-state index contributed by atoms with van der Waals surface area (Å²) in [7, 11) is 1.72. The zero-order valence-electron chi connectivity index (χ0n) is 14.2. The fourth-order valence-electron chi connectivity index (χ4n) is 1.97. The lowest BCUT2D eigenvalue weighted by Gasteiger charge is -2.17. The van der Waals surface area contributed by atoms with Crippen molar-refractivity contribution < 1.29 is 9.53 Å². The molecule has 5 heteroatoms. The van der Waals surface area contributed by atoms with Crippen molar-refractivity contribution in [3.63, 3.8) is 0 Å². The highest BCUT2D eigenvalue weighted by Gasteiger charge is 2.21. The van der Waals surface area contributed by atoms with Crippen LogP contribution >= 0.6 is 11.3 Å². The highest BCUT2D eigenvalue weighted by atomic mass is 32.1. The minimum absolute atomic E-state index is 0.0133. The van der Waals surface area contributed by atoms with Gasteiger partial charge in [-0.05, 0) is 18.6 Å². The Morgan fingerprint density at radius 1 is 1.26 bits per heavy atom. The molecular formula is C18H24N2O2S. The molecule has 0 spiro atoms. The summed E-state index contributed by atoms with van der Waals surface area (Å²) in [6.07, 6.45) is 1.93. The predicted molar refractivity (Wildman–Crippen MR) is 95.8 cm³/mol. The highest BCUT2D eigenvalue weighted by molar-refractivity contribution is 7.09. The van der Waals surface area contributed by atoms with Gasteiger partial charge in [0.05, 0.1) is 10.7 Å². The van der Waals surface area contributed by atoms with Gasteiger partial charge in [0.2, 0.25) is 5.91 Å². The van der Waals surface area contributed by atoms with E-state index in [0.29, 0.717) is 0 Å². The third-order valence-electron chi connectivity index (χ3n) is 3.41. The van der Waals surface area contributed by atoms with Crippen LogP contribution in [0.15, 0.2) is 29.6 Å². The first kappa shape index (κ1) is 17.6. The first-order chi connectivity index (χ1) is 10.9. The van der Waals surface area contributed by atoms with Crippen molar-refractivity contribution in [2.45, 2.75) is 33.6 Å². The molecule has 2 aromatic rings. The van der Waals surface area contributed by atoms with E-state index in [2.05, 4.69) is 15.7 Å². The van der Waals surface area contributed by atoms with E-state index in [-0.39, 0.29) is 5.91 Å². The first-order valence-electron chi connectivity index (χ1n) is 7.75. The third kappa shape index (κ3) is 5.15. The van der Waals surface area contributed by atoms with Gasteiger partial charge < -0.3 is 10.1 Å². The Hall–Kier alpha value is -1.72. The maximum atomic E-state index is 12.0. The Bertz CT molecular complexity index is 642. The van der Waals surface area contributed by atoms with Gasteiger partial charge >= 0.3 is 0 Å². The number of aryl methyl sites for hydroxylation is 1. The number of hydrogen-bond acceptors (Lipinski definition) is 4. The summed E-state index contributed by atoms with van der Waals surface area (Å²) in [5, 5.41) is 6.13. The normalized spacial score (nSPS) is 11.5. The molecule has 1 amide bonds. The minimum atomic E-state index is -0.398. The molecule has 0 radical (unpaired) electrons. The van der Waals surface area contributed by atoms with Gasteiger partial charge in [-0.2, -0.15) is 0 Å². The molecule has 1 aromatic heterocycles. The van der Waals surface area contributed by atoms with E-state index < -0.39 is 5.41 Å². The molecule has 1 heterocycles. The van der Waals surface area contributed by atoms with E-state index in [1.807, 2.05) is 45.0 Å².